The van der Waals surface area contributed by atoms with Gasteiger partial charge >= 0.3 is 0 Å². The van der Waals surface area contributed by atoms with Gasteiger partial charge in [-0.2, -0.15) is 5.10 Å². The number of fused-ring (bicyclic) bond motifs is 1. The molecule has 1 aromatic carbocycles. The fourth-order valence-corrected chi connectivity index (χ4v) is 4.09. The third-order valence-corrected chi connectivity index (χ3v) is 5.90. The second-order valence-corrected chi connectivity index (χ2v) is 8.07. The average molecular weight is 440 g/mol. The fourth-order valence-electron chi connectivity index (χ4n) is 4.09. The summed E-state index contributed by atoms with van der Waals surface area (Å²) in [6.07, 6.45) is 8.15. The van der Waals surface area contributed by atoms with E-state index in [1.807, 2.05) is 37.2 Å². The molecule has 4 aromatic heterocycles. The minimum absolute atomic E-state index is 0.0758. The number of rotatable bonds is 6. The second kappa shape index (κ2) is 8.38. The molecule has 0 spiro atoms. The summed E-state index contributed by atoms with van der Waals surface area (Å²) in [5.74, 6) is 0.468. The van der Waals surface area contributed by atoms with Crippen LogP contribution in [0.3, 0.4) is 0 Å². The summed E-state index contributed by atoms with van der Waals surface area (Å²) in [6, 6.07) is 13.7. The molecule has 0 aliphatic rings. The van der Waals surface area contributed by atoms with Gasteiger partial charge in [0.25, 0.3) is 5.56 Å². The van der Waals surface area contributed by atoms with Gasteiger partial charge in [-0.1, -0.05) is 19.1 Å². The highest BCUT2D eigenvalue weighted by molar-refractivity contribution is 5.80. The lowest BCUT2D eigenvalue weighted by Crippen LogP contribution is -2.19. The predicted octanol–water partition coefficient (Wildman–Crippen LogP) is 3.88. The van der Waals surface area contributed by atoms with Crippen molar-refractivity contribution in [2.45, 2.75) is 19.9 Å². The Hall–Kier alpha value is -4.20. The largest absolute Gasteiger partial charge is 0.351 e. The van der Waals surface area contributed by atoms with E-state index in [9.17, 15) is 4.79 Å². The molecule has 0 aliphatic heterocycles. The number of aromatic nitrogens is 6. The Morgan fingerprint density at radius 1 is 1.03 bits per heavy atom. The van der Waals surface area contributed by atoms with Crippen LogP contribution in [0.1, 0.15) is 18.2 Å². The second-order valence-electron chi connectivity index (χ2n) is 8.07. The third kappa shape index (κ3) is 4.03. The first kappa shape index (κ1) is 20.7. The molecule has 1 N–H and O–H groups in total. The Balaban J connectivity index is 1.39. The monoisotopic (exact) mass is 439 g/mol. The van der Waals surface area contributed by atoms with Gasteiger partial charge in [0, 0.05) is 49.8 Å². The highest BCUT2D eigenvalue weighted by Crippen LogP contribution is 2.21. The lowest BCUT2D eigenvalue weighted by Gasteiger charge is -2.09. The molecule has 0 atom stereocenters. The molecule has 8 heteroatoms. The first-order valence-corrected chi connectivity index (χ1v) is 10.9. The van der Waals surface area contributed by atoms with E-state index in [0.717, 1.165) is 34.4 Å². The molecule has 0 saturated heterocycles. The minimum Gasteiger partial charge on any atom is -0.351 e. The molecule has 0 unspecified atom stereocenters. The van der Waals surface area contributed by atoms with Gasteiger partial charge in [-0.25, -0.2) is 9.97 Å². The maximum Gasteiger partial charge on any atom is 0.251 e. The summed E-state index contributed by atoms with van der Waals surface area (Å²) < 4.78 is 5.62. The molecule has 0 fully saturated rings. The zero-order valence-electron chi connectivity index (χ0n) is 18.9. The maximum atomic E-state index is 12.8. The molecule has 33 heavy (non-hydrogen) atoms. The van der Waals surface area contributed by atoms with Crippen LogP contribution in [0.4, 0.5) is 11.6 Å². The standard InChI is InChI=1S/C25H25N7O/c1-4-22-21(15-27-31(22)3)29-25-26-10-7-20(28-25)19-9-12-32(24(33)14-19)16-17-5-6-18-8-11-30(2)23(18)13-17/h5-15H,4,16H2,1-3H3,(H,26,28,29). The van der Waals surface area contributed by atoms with Crippen molar-refractivity contribution >= 4 is 22.5 Å². The van der Waals surface area contributed by atoms with E-state index in [4.69, 9.17) is 0 Å². The van der Waals surface area contributed by atoms with Crippen molar-refractivity contribution in [3.8, 4) is 11.3 Å². The molecule has 0 saturated carbocycles. The van der Waals surface area contributed by atoms with Crippen molar-refractivity contribution in [1.29, 1.82) is 0 Å². The van der Waals surface area contributed by atoms with Crippen LogP contribution in [0.15, 0.2) is 72.0 Å². The van der Waals surface area contributed by atoms with E-state index in [1.165, 1.54) is 5.39 Å². The van der Waals surface area contributed by atoms with Gasteiger partial charge in [-0.05, 0) is 41.6 Å². The predicted molar refractivity (Wildman–Crippen MR) is 130 cm³/mol. The number of nitrogens with zero attached hydrogens (tertiary/aromatic N) is 6. The van der Waals surface area contributed by atoms with Crippen molar-refractivity contribution in [3.05, 3.63) is 88.9 Å². The van der Waals surface area contributed by atoms with Gasteiger partial charge < -0.3 is 14.5 Å². The van der Waals surface area contributed by atoms with Crippen LogP contribution in [0, 0.1) is 0 Å². The van der Waals surface area contributed by atoms with E-state index >= 15 is 0 Å². The SMILES string of the molecule is CCc1c(Nc2nccc(-c3ccn(Cc4ccc5ccn(C)c5c4)c(=O)c3)n2)cnn1C. The van der Waals surface area contributed by atoms with Gasteiger partial charge in [-0.15, -0.1) is 0 Å². The molecular weight excluding hydrogens is 414 g/mol. The van der Waals surface area contributed by atoms with Crippen molar-refractivity contribution in [2.75, 3.05) is 5.32 Å². The van der Waals surface area contributed by atoms with Crippen molar-refractivity contribution < 1.29 is 0 Å². The molecule has 5 rings (SSSR count). The minimum atomic E-state index is -0.0758. The molecule has 8 nitrogen and oxygen atoms in total. The highest BCUT2D eigenvalue weighted by Gasteiger charge is 2.10. The Bertz CT molecular complexity index is 1510. The Kier molecular flexibility index (Phi) is 5.26. The van der Waals surface area contributed by atoms with E-state index in [-0.39, 0.29) is 5.56 Å². The van der Waals surface area contributed by atoms with E-state index in [1.54, 1.807) is 29.1 Å². The van der Waals surface area contributed by atoms with Crippen LogP contribution in [-0.2, 0) is 27.1 Å². The molecule has 166 valence electrons. The lowest BCUT2D eigenvalue weighted by atomic mass is 10.1. The first-order valence-electron chi connectivity index (χ1n) is 10.9. The van der Waals surface area contributed by atoms with E-state index in [2.05, 4.69) is 56.1 Å². The topological polar surface area (TPSA) is 82.6 Å². The Morgan fingerprint density at radius 2 is 1.91 bits per heavy atom. The zero-order valence-corrected chi connectivity index (χ0v) is 18.9. The van der Waals surface area contributed by atoms with Crippen LogP contribution < -0.4 is 10.9 Å². The van der Waals surface area contributed by atoms with Crippen LogP contribution in [-0.4, -0.2) is 28.9 Å². The molecule has 5 aromatic rings. The summed E-state index contributed by atoms with van der Waals surface area (Å²) in [5.41, 5.74) is 5.54. The summed E-state index contributed by atoms with van der Waals surface area (Å²) in [5, 5.41) is 8.72. The van der Waals surface area contributed by atoms with Crippen LogP contribution in [0.5, 0.6) is 0 Å². The van der Waals surface area contributed by atoms with Crippen LogP contribution in [0.2, 0.25) is 0 Å². The number of pyridine rings is 1. The molecule has 0 aliphatic carbocycles. The first-order chi connectivity index (χ1) is 16.0. The van der Waals surface area contributed by atoms with Gasteiger partial charge in [0.05, 0.1) is 29.8 Å². The van der Waals surface area contributed by atoms with Crippen LogP contribution >= 0.6 is 0 Å². The lowest BCUT2D eigenvalue weighted by molar-refractivity contribution is 0.718. The van der Waals surface area contributed by atoms with Crippen molar-refractivity contribution in [2.24, 2.45) is 14.1 Å². The van der Waals surface area contributed by atoms with Gasteiger partial charge in [0.15, 0.2) is 0 Å². The molecular formula is C25H25N7O. The normalized spacial score (nSPS) is 11.2. The summed E-state index contributed by atoms with van der Waals surface area (Å²) >= 11 is 0. The van der Waals surface area contributed by atoms with Gasteiger partial charge in [-0.3, -0.25) is 9.48 Å². The quantitative estimate of drug-likeness (QED) is 0.434. The Morgan fingerprint density at radius 3 is 2.73 bits per heavy atom. The van der Waals surface area contributed by atoms with Gasteiger partial charge in [0.1, 0.15) is 0 Å². The van der Waals surface area contributed by atoms with Crippen molar-refractivity contribution in [3.63, 3.8) is 0 Å². The molecule has 4 heterocycles. The molecule has 0 amide bonds. The number of hydrogen-bond donors (Lipinski definition) is 1. The van der Waals surface area contributed by atoms with E-state index < -0.39 is 0 Å². The maximum absolute atomic E-state index is 12.8. The third-order valence-electron chi connectivity index (χ3n) is 5.90. The zero-order chi connectivity index (χ0) is 22.9. The Labute approximate surface area is 191 Å². The number of anilines is 2. The highest BCUT2D eigenvalue weighted by atomic mass is 16.1. The summed E-state index contributed by atoms with van der Waals surface area (Å²) in [7, 11) is 3.93. The smallest absolute Gasteiger partial charge is 0.251 e. The van der Waals surface area contributed by atoms with Crippen LogP contribution in [0.25, 0.3) is 22.2 Å². The van der Waals surface area contributed by atoms with E-state index in [0.29, 0.717) is 18.2 Å². The number of nitrogens with one attached hydrogen (secondary N) is 1. The summed E-state index contributed by atoms with van der Waals surface area (Å²) in [4.78, 5) is 21.8. The number of aryl methyl sites for hydroxylation is 2. The number of benzene rings is 1. The molecule has 0 radical (unpaired) electrons. The van der Waals surface area contributed by atoms with Gasteiger partial charge in [0.2, 0.25) is 5.95 Å². The fraction of sp³-hybridized carbons (Fsp3) is 0.200. The average Bonchev–Trinajstić information content (AvgIpc) is 3.37. The number of hydrogen-bond acceptors (Lipinski definition) is 5. The molecule has 0 bridgehead atoms. The van der Waals surface area contributed by atoms with Crippen molar-refractivity contribution in [1.82, 2.24) is 28.9 Å². The summed E-state index contributed by atoms with van der Waals surface area (Å²) in [6.45, 7) is 2.59.